The minimum atomic E-state index is 0. The Kier molecular flexibility index (Phi) is 8.54. The van der Waals surface area contributed by atoms with E-state index in [1.165, 1.54) is 11.1 Å². The van der Waals surface area contributed by atoms with Crippen LogP contribution in [0.4, 0.5) is 5.69 Å². The summed E-state index contributed by atoms with van der Waals surface area (Å²) in [5.41, 5.74) is 10.7. The number of thiazole rings is 1. The number of aryl methyl sites for hydroxylation is 3. The fourth-order valence-electron chi connectivity index (χ4n) is 2.32. The van der Waals surface area contributed by atoms with E-state index >= 15 is 0 Å². The molecular formula is C17H25IN4S. The van der Waals surface area contributed by atoms with Crippen molar-refractivity contribution in [2.45, 2.75) is 46.6 Å². The number of aliphatic imine (C=N–C) groups is 1. The first-order valence-electron chi connectivity index (χ1n) is 7.78. The van der Waals surface area contributed by atoms with Gasteiger partial charge in [0.15, 0.2) is 5.96 Å². The van der Waals surface area contributed by atoms with E-state index in [9.17, 15) is 0 Å². The highest BCUT2D eigenvalue weighted by atomic mass is 127. The molecule has 23 heavy (non-hydrogen) atoms. The molecule has 1 aromatic heterocycles. The lowest BCUT2D eigenvalue weighted by atomic mass is 10.0. The quantitative estimate of drug-likeness (QED) is 0.395. The van der Waals surface area contributed by atoms with Crippen LogP contribution in [-0.2, 0) is 25.8 Å². The number of benzene rings is 1. The van der Waals surface area contributed by atoms with Crippen LogP contribution in [0, 0.1) is 0 Å². The van der Waals surface area contributed by atoms with Gasteiger partial charge in [-0.2, -0.15) is 0 Å². The molecule has 0 fully saturated rings. The standard InChI is InChI=1S/C17H24N4S.HI/c1-4-12-8-7-9-13(5-2)16(12)21-17(18)19-10-14-11-22-15(6-3)20-14;/h7-9,11H,4-6,10H2,1-3H3,(H3,18,19,21);1H. The first-order chi connectivity index (χ1) is 10.7. The Morgan fingerprint density at radius 2 is 1.83 bits per heavy atom. The number of halogens is 1. The zero-order valence-electron chi connectivity index (χ0n) is 13.9. The molecule has 3 N–H and O–H groups in total. The summed E-state index contributed by atoms with van der Waals surface area (Å²) in [5.74, 6) is 0.446. The van der Waals surface area contributed by atoms with Gasteiger partial charge in [-0.15, -0.1) is 35.3 Å². The molecule has 0 atom stereocenters. The molecule has 2 aromatic rings. The first-order valence-corrected chi connectivity index (χ1v) is 8.66. The highest BCUT2D eigenvalue weighted by molar-refractivity contribution is 14.0. The summed E-state index contributed by atoms with van der Waals surface area (Å²) in [6, 6.07) is 6.35. The summed E-state index contributed by atoms with van der Waals surface area (Å²) in [7, 11) is 0. The number of rotatable bonds is 6. The molecule has 0 aliphatic rings. The van der Waals surface area contributed by atoms with Gasteiger partial charge in [0.1, 0.15) is 0 Å². The van der Waals surface area contributed by atoms with E-state index in [1.807, 2.05) is 5.38 Å². The second kappa shape index (κ2) is 9.87. The van der Waals surface area contributed by atoms with Gasteiger partial charge in [0.2, 0.25) is 0 Å². The Bertz CT molecular complexity index is 630. The second-order valence-electron chi connectivity index (χ2n) is 5.07. The molecule has 0 saturated carbocycles. The van der Waals surface area contributed by atoms with Gasteiger partial charge in [-0.05, 0) is 30.4 Å². The number of nitrogens with one attached hydrogen (secondary N) is 1. The van der Waals surface area contributed by atoms with Crippen LogP contribution in [0.15, 0.2) is 28.6 Å². The maximum Gasteiger partial charge on any atom is 0.193 e. The van der Waals surface area contributed by atoms with Crippen LogP contribution in [0.2, 0.25) is 0 Å². The van der Waals surface area contributed by atoms with Crippen molar-refractivity contribution in [3.05, 3.63) is 45.4 Å². The minimum absolute atomic E-state index is 0. The van der Waals surface area contributed by atoms with Crippen LogP contribution in [0.3, 0.4) is 0 Å². The van der Waals surface area contributed by atoms with E-state index in [2.05, 4.69) is 54.3 Å². The molecule has 0 radical (unpaired) electrons. The zero-order chi connectivity index (χ0) is 15.9. The smallest absolute Gasteiger partial charge is 0.193 e. The Balaban J connectivity index is 0.00000264. The van der Waals surface area contributed by atoms with Crippen molar-refractivity contribution in [3.8, 4) is 0 Å². The highest BCUT2D eigenvalue weighted by Gasteiger charge is 2.07. The van der Waals surface area contributed by atoms with Gasteiger partial charge in [0, 0.05) is 11.1 Å². The average Bonchev–Trinajstić information content (AvgIpc) is 3.01. The Morgan fingerprint density at radius 3 is 2.35 bits per heavy atom. The predicted molar refractivity (Wildman–Crippen MR) is 111 cm³/mol. The number of nitrogens with zero attached hydrogens (tertiary/aromatic N) is 2. The van der Waals surface area contributed by atoms with Crippen molar-refractivity contribution >= 4 is 47.0 Å². The Hall–Kier alpha value is -1.15. The summed E-state index contributed by atoms with van der Waals surface area (Å²) in [6.45, 7) is 6.92. The number of hydrogen-bond acceptors (Lipinski definition) is 3. The fourth-order valence-corrected chi connectivity index (χ4v) is 3.06. The maximum absolute atomic E-state index is 6.05. The number of guanidine groups is 1. The molecule has 0 amide bonds. The fraction of sp³-hybridized carbons (Fsp3) is 0.412. The molecule has 1 aromatic carbocycles. The summed E-state index contributed by atoms with van der Waals surface area (Å²) >= 11 is 1.68. The van der Waals surface area contributed by atoms with Gasteiger partial charge in [-0.3, -0.25) is 0 Å². The molecule has 0 spiro atoms. The molecule has 0 unspecified atom stereocenters. The van der Waals surface area contributed by atoms with Crippen molar-refractivity contribution in [3.63, 3.8) is 0 Å². The molecule has 4 nitrogen and oxygen atoms in total. The molecular weight excluding hydrogens is 419 g/mol. The van der Waals surface area contributed by atoms with E-state index < -0.39 is 0 Å². The lowest BCUT2D eigenvalue weighted by Crippen LogP contribution is -2.24. The second-order valence-corrected chi connectivity index (χ2v) is 6.01. The summed E-state index contributed by atoms with van der Waals surface area (Å²) in [5, 5.41) is 6.46. The van der Waals surface area contributed by atoms with Gasteiger partial charge in [0.05, 0.1) is 17.2 Å². The molecule has 0 aliphatic carbocycles. The van der Waals surface area contributed by atoms with E-state index in [1.54, 1.807) is 11.3 Å². The molecule has 1 heterocycles. The number of aromatic nitrogens is 1. The normalized spacial score (nSPS) is 11.2. The molecule has 0 bridgehead atoms. The molecule has 6 heteroatoms. The Labute approximate surface area is 159 Å². The topological polar surface area (TPSA) is 63.3 Å². The van der Waals surface area contributed by atoms with Crippen LogP contribution >= 0.6 is 35.3 Å². The number of nitrogens with two attached hydrogens (primary N) is 1. The largest absolute Gasteiger partial charge is 0.370 e. The van der Waals surface area contributed by atoms with Crippen molar-refractivity contribution in [1.82, 2.24) is 4.98 Å². The number of para-hydroxylation sites is 1. The van der Waals surface area contributed by atoms with Crippen molar-refractivity contribution in [2.75, 3.05) is 5.32 Å². The van der Waals surface area contributed by atoms with Crippen LogP contribution in [0.25, 0.3) is 0 Å². The highest BCUT2D eigenvalue weighted by Crippen LogP contribution is 2.22. The van der Waals surface area contributed by atoms with E-state index in [-0.39, 0.29) is 24.0 Å². The van der Waals surface area contributed by atoms with Gasteiger partial charge in [-0.1, -0.05) is 39.0 Å². The first kappa shape index (κ1) is 19.9. The van der Waals surface area contributed by atoms with Crippen molar-refractivity contribution in [2.24, 2.45) is 10.7 Å². The van der Waals surface area contributed by atoms with Gasteiger partial charge < -0.3 is 11.1 Å². The van der Waals surface area contributed by atoms with Crippen LogP contribution in [-0.4, -0.2) is 10.9 Å². The molecule has 126 valence electrons. The number of hydrogen-bond donors (Lipinski definition) is 2. The number of anilines is 1. The third-order valence-corrected chi connectivity index (χ3v) is 4.61. The predicted octanol–water partition coefficient (Wildman–Crippen LogP) is 4.38. The minimum Gasteiger partial charge on any atom is -0.370 e. The average molecular weight is 444 g/mol. The van der Waals surface area contributed by atoms with E-state index in [0.29, 0.717) is 12.5 Å². The summed E-state index contributed by atoms with van der Waals surface area (Å²) in [4.78, 5) is 8.92. The van der Waals surface area contributed by atoms with Gasteiger partial charge >= 0.3 is 0 Å². The van der Waals surface area contributed by atoms with Crippen molar-refractivity contribution in [1.29, 1.82) is 0 Å². The lowest BCUT2D eigenvalue weighted by molar-refractivity contribution is 0.968. The summed E-state index contributed by atoms with van der Waals surface area (Å²) < 4.78 is 0. The molecule has 0 saturated heterocycles. The van der Waals surface area contributed by atoms with Gasteiger partial charge in [0.25, 0.3) is 0 Å². The van der Waals surface area contributed by atoms with E-state index in [0.717, 1.165) is 35.7 Å². The molecule has 2 rings (SSSR count). The van der Waals surface area contributed by atoms with Crippen LogP contribution in [0.5, 0.6) is 0 Å². The third kappa shape index (κ3) is 5.46. The maximum atomic E-state index is 6.05. The molecule has 0 aliphatic heterocycles. The third-order valence-electron chi connectivity index (χ3n) is 3.57. The monoisotopic (exact) mass is 444 g/mol. The Morgan fingerprint density at radius 1 is 1.17 bits per heavy atom. The zero-order valence-corrected chi connectivity index (χ0v) is 17.1. The van der Waals surface area contributed by atoms with Gasteiger partial charge in [-0.25, -0.2) is 9.98 Å². The SMILES string of the molecule is CCc1nc(CN=C(N)Nc2c(CC)cccc2CC)cs1.I. The van der Waals surface area contributed by atoms with Crippen LogP contribution < -0.4 is 11.1 Å². The van der Waals surface area contributed by atoms with Crippen LogP contribution in [0.1, 0.15) is 42.6 Å². The summed E-state index contributed by atoms with van der Waals surface area (Å²) in [6.07, 6.45) is 2.90. The lowest BCUT2D eigenvalue weighted by Gasteiger charge is -2.14. The van der Waals surface area contributed by atoms with Crippen molar-refractivity contribution < 1.29 is 0 Å². The van der Waals surface area contributed by atoms with E-state index in [4.69, 9.17) is 5.73 Å².